The molecule has 0 unspecified atom stereocenters. The highest BCUT2D eigenvalue weighted by Crippen LogP contribution is 2.16. The monoisotopic (exact) mass is 373 g/mol. The summed E-state index contributed by atoms with van der Waals surface area (Å²) in [5.41, 5.74) is 2.44. The van der Waals surface area contributed by atoms with Crippen molar-refractivity contribution in [2.75, 3.05) is 7.05 Å². The zero-order valence-corrected chi connectivity index (χ0v) is 15.4. The van der Waals surface area contributed by atoms with Gasteiger partial charge in [-0.2, -0.15) is 5.26 Å². The van der Waals surface area contributed by atoms with Crippen molar-refractivity contribution in [3.8, 4) is 6.07 Å². The molecule has 0 fully saturated rings. The number of carbonyl (C=O) groups excluding carboxylic acids is 2. The number of hydrogen-bond donors (Lipinski definition) is 1. The van der Waals surface area contributed by atoms with Gasteiger partial charge in [-0.15, -0.1) is 0 Å². The first-order valence-corrected chi connectivity index (χ1v) is 8.73. The molecule has 0 aliphatic rings. The highest BCUT2D eigenvalue weighted by molar-refractivity contribution is 5.95. The average molecular weight is 373 g/mol. The number of nitriles is 1. The molecule has 1 heterocycles. The summed E-state index contributed by atoms with van der Waals surface area (Å²) in [5, 5.41) is 11.5. The molecule has 0 radical (unpaired) electrons. The molecule has 3 aromatic rings. The maximum atomic E-state index is 13.0. The molecule has 1 aromatic heterocycles. The van der Waals surface area contributed by atoms with Crippen LogP contribution in [0.15, 0.2) is 71.3 Å². The van der Waals surface area contributed by atoms with E-state index in [4.69, 9.17) is 9.68 Å². The van der Waals surface area contributed by atoms with Gasteiger partial charge in [0.2, 0.25) is 0 Å². The summed E-state index contributed by atoms with van der Waals surface area (Å²) in [7, 11) is 1.58. The average Bonchev–Trinajstić information content (AvgIpc) is 3.26. The molecular weight excluding hydrogens is 354 g/mol. The molecule has 140 valence electrons. The number of amides is 2. The lowest BCUT2D eigenvalue weighted by molar-refractivity contribution is 0.0717. The van der Waals surface area contributed by atoms with Gasteiger partial charge in [0.15, 0.2) is 0 Å². The predicted molar refractivity (Wildman–Crippen MR) is 103 cm³/mol. The van der Waals surface area contributed by atoms with Gasteiger partial charge in [-0.05, 0) is 54.1 Å². The molecule has 2 aromatic carbocycles. The lowest BCUT2D eigenvalue weighted by atomic mass is 10.1. The summed E-state index contributed by atoms with van der Waals surface area (Å²) in [6.45, 7) is 0.663. The Balaban J connectivity index is 1.83. The van der Waals surface area contributed by atoms with Crippen molar-refractivity contribution in [2.45, 2.75) is 13.1 Å². The quantitative estimate of drug-likeness (QED) is 0.718. The van der Waals surface area contributed by atoms with E-state index in [0.29, 0.717) is 35.5 Å². The fourth-order valence-corrected chi connectivity index (χ4v) is 2.79. The van der Waals surface area contributed by atoms with Crippen molar-refractivity contribution < 1.29 is 14.0 Å². The molecule has 28 heavy (non-hydrogen) atoms. The van der Waals surface area contributed by atoms with Crippen molar-refractivity contribution in [3.05, 3.63) is 94.9 Å². The number of benzene rings is 2. The number of furan rings is 1. The highest BCUT2D eigenvalue weighted by Gasteiger charge is 2.18. The molecule has 0 aliphatic heterocycles. The molecule has 0 atom stereocenters. The van der Waals surface area contributed by atoms with E-state index in [1.165, 1.54) is 0 Å². The van der Waals surface area contributed by atoms with Gasteiger partial charge in [-0.1, -0.05) is 12.1 Å². The van der Waals surface area contributed by atoms with Crippen molar-refractivity contribution in [1.82, 2.24) is 10.2 Å². The molecule has 6 heteroatoms. The first kappa shape index (κ1) is 18.9. The second kappa shape index (κ2) is 8.69. The van der Waals surface area contributed by atoms with Crippen molar-refractivity contribution in [2.24, 2.45) is 0 Å². The third-order valence-electron chi connectivity index (χ3n) is 4.29. The number of nitrogens with zero attached hydrogens (tertiary/aromatic N) is 2. The maximum Gasteiger partial charge on any atom is 0.254 e. The lowest BCUT2D eigenvalue weighted by Gasteiger charge is -2.22. The van der Waals surface area contributed by atoms with Crippen LogP contribution in [-0.4, -0.2) is 23.8 Å². The van der Waals surface area contributed by atoms with Crippen LogP contribution < -0.4 is 5.32 Å². The third-order valence-corrected chi connectivity index (χ3v) is 4.29. The highest BCUT2D eigenvalue weighted by atomic mass is 16.3. The molecule has 0 spiro atoms. The van der Waals surface area contributed by atoms with Gasteiger partial charge in [0, 0.05) is 24.7 Å². The fourth-order valence-electron chi connectivity index (χ4n) is 2.79. The van der Waals surface area contributed by atoms with Gasteiger partial charge in [-0.3, -0.25) is 9.59 Å². The summed E-state index contributed by atoms with van der Waals surface area (Å²) >= 11 is 0. The van der Waals surface area contributed by atoms with E-state index in [9.17, 15) is 9.59 Å². The minimum absolute atomic E-state index is 0.160. The Morgan fingerprint density at radius 2 is 1.68 bits per heavy atom. The Morgan fingerprint density at radius 3 is 2.25 bits per heavy atom. The second-order valence-corrected chi connectivity index (χ2v) is 6.21. The van der Waals surface area contributed by atoms with Crippen LogP contribution in [0.1, 0.15) is 37.6 Å². The number of nitrogens with one attached hydrogen (secondary N) is 1. The van der Waals surface area contributed by atoms with E-state index in [2.05, 4.69) is 5.32 Å². The van der Waals surface area contributed by atoms with Crippen molar-refractivity contribution in [1.29, 1.82) is 5.26 Å². The molecule has 0 aliphatic carbocycles. The summed E-state index contributed by atoms with van der Waals surface area (Å²) < 4.78 is 5.40. The molecule has 6 nitrogen and oxygen atoms in total. The van der Waals surface area contributed by atoms with Crippen LogP contribution in [0.2, 0.25) is 0 Å². The van der Waals surface area contributed by atoms with E-state index >= 15 is 0 Å². The van der Waals surface area contributed by atoms with Crippen LogP contribution in [0.25, 0.3) is 0 Å². The topological polar surface area (TPSA) is 86.3 Å². The minimum atomic E-state index is -0.170. The van der Waals surface area contributed by atoms with Crippen LogP contribution in [0.5, 0.6) is 0 Å². The van der Waals surface area contributed by atoms with E-state index in [1.807, 2.05) is 24.3 Å². The Bertz CT molecular complexity index is 985. The number of rotatable bonds is 6. The SMILES string of the molecule is CNC(=O)c1ccc(CN(Cc2ccco2)C(=O)c2ccc(C#N)cc2)cc1. The molecule has 0 saturated carbocycles. The Kier molecular flexibility index (Phi) is 5.87. The Morgan fingerprint density at radius 1 is 1.00 bits per heavy atom. The normalized spacial score (nSPS) is 10.1. The summed E-state index contributed by atoms with van der Waals surface area (Å²) in [4.78, 5) is 26.4. The van der Waals surface area contributed by atoms with Gasteiger partial charge >= 0.3 is 0 Å². The third kappa shape index (κ3) is 4.46. The van der Waals surface area contributed by atoms with Crippen LogP contribution in [0.4, 0.5) is 0 Å². The fraction of sp³-hybridized carbons (Fsp3) is 0.136. The largest absolute Gasteiger partial charge is 0.467 e. The molecular formula is C22H19N3O3. The van der Waals surface area contributed by atoms with Crippen molar-refractivity contribution >= 4 is 11.8 Å². The summed E-state index contributed by atoms with van der Waals surface area (Å²) in [6, 6.07) is 19.3. The standard InChI is InChI=1S/C22H19N3O3/c1-24-21(26)18-8-6-17(7-9-18)14-25(15-20-3-2-12-28-20)22(27)19-10-4-16(13-23)5-11-19/h2-12H,14-15H2,1H3,(H,24,26). The molecule has 0 bridgehead atoms. The second-order valence-electron chi connectivity index (χ2n) is 6.21. The summed E-state index contributed by atoms with van der Waals surface area (Å²) in [6.07, 6.45) is 1.57. The van der Waals surface area contributed by atoms with Gasteiger partial charge < -0.3 is 14.6 Å². The predicted octanol–water partition coefficient (Wildman–Crippen LogP) is 3.35. The molecule has 2 amide bonds. The van der Waals surface area contributed by atoms with Gasteiger partial charge in [0.25, 0.3) is 11.8 Å². The first-order valence-electron chi connectivity index (χ1n) is 8.73. The minimum Gasteiger partial charge on any atom is -0.467 e. The molecule has 1 N–H and O–H groups in total. The van der Waals surface area contributed by atoms with Crippen LogP contribution >= 0.6 is 0 Å². The molecule has 3 rings (SSSR count). The van der Waals surface area contributed by atoms with Gasteiger partial charge in [-0.25, -0.2) is 0 Å². The summed E-state index contributed by atoms with van der Waals surface area (Å²) in [5.74, 6) is 0.341. The smallest absolute Gasteiger partial charge is 0.254 e. The number of hydrogen-bond acceptors (Lipinski definition) is 4. The zero-order chi connectivity index (χ0) is 19.9. The zero-order valence-electron chi connectivity index (χ0n) is 15.4. The van der Waals surface area contributed by atoms with Crippen LogP contribution in [0, 0.1) is 11.3 Å². The lowest BCUT2D eigenvalue weighted by Crippen LogP contribution is -2.30. The Hall–Kier alpha value is -3.85. The van der Waals surface area contributed by atoms with Crippen LogP contribution in [0.3, 0.4) is 0 Å². The van der Waals surface area contributed by atoms with Gasteiger partial charge in [0.05, 0.1) is 24.4 Å². The first-order chi connectivity index (χ1) is 13.6. The maximum absolute atomic E-state index is 13.0. The number of carbonyl (C=O) groups is 2. The molecule has 0 saturated heterocycles. The van der Waals surface area contributed by atoms with Crippen LogP contribution in [-0.2, 0) is 13.1 Å². The van der Waals surface area contributed by atoms with Crippen molar-refractivity contribution in [3.63, 3.8) is 0 Å². The van der Waals surface area contributed by atoms with E-state index in [-0.39, 0.29) is 11.8 Å². The van der Waals surface area contributed by atoms with E-state index < -0.39 is 0 Å². The van der Waals surface area contributed by atoms with Gasteiger partial charge in [0.1, 0.15) is 5.76 Å². The Labute approximate surface area is 163 Å². The van der Waals surface area contributed by atoms with E-state index in [1.54, 1.807) is 60.7 Å². The van der Waals surface area contributed by atoms with E-state index in [0.717, 1.165) is 5.56 Å².